The second-order valence-corrected chi connectivity index (χ2v) is 5.40. The Bertz CT molecular complexity index is 670. The maximum absolute atomic E-state index is 13.5. The summed E-state index contributed by atoms with van der Waals surface area (Å²) in [6.07, 6.45) is 1.39. The lowest BCUT2D eigenvalue weighted by Gasteiger charge is -1.99. The van der Waals surface area contributed by atoms with Gasteiger partial charge in [0.1, 0.15) is 5.82 Å². The van der Waals surface area contributed by atoms with Crippen LogP contribution in [0.3, 0.4) is 0 Å². The number of nitrogens with zero attached hydrogens (tertiary/aromatic N) is 2. The molecule has 0 fully saturated rings. The highest BCUT2D eigenvalue weighted by Crippen LogP contribution is 2.18. The standard InChI is InChI=1S/C14H13ClFN3O2S/c1-2-21-13(20)6-9-8-22-14(18-9)19-17-7-10-11(15)4-3-5-12(10)16/h3-5,7-8H,2,6H2,1H3,(H,18,19)/b17-7-. The molecule has 2 aromatic rings. The third kappa shape index (κ3) is 4.51. The van der Waals surface area contributed by atoms with Gasteiger partial charge in [0, 0.05) is 10.9 Å². The zero-order chi connectivity index (χ0) is 15.9. The van der Waals surface area contributed by atoms with Gasteiger partial charge in [0.25, 0.3) is 0 Å². The first-order valence-corrected chi connectivity index (χ1v) is 7.69. The zero-order valence-electron chi connectivity index (χ0n) is 11.7. The molecule has 1 aromatic carbocycles. The fraction of sp³-hybridized carbons (Fsp3) is 0.214. The van der Waals surface area contributed by atoms with E-state index in [-0.39, 0.29) is 23.0 Å². The number of ether oxygens (including phenoxy) is 1. The van der Waals surface area contributed by atoms with Gasteiger partial charge >= 0.3 is 5.97 Å². The van der Waals surface area contributed by atoms with Crippen LogP contribution in [0, 0.1) is 5.82 Å². The molecule has 0 aliphatic heterocycles. The zero-order valence-corrected chi connectivity index (χ0v) is 13.2. The molecule has 0 saturated carbocycles. The molecule has 0 spiro atoms. The average Bonchev–Trinajstić information content (AvgIpc) is 2.90. The molecule has 1 heterocycles. The fourth-order valence-corrected chi connectivity index (χ4v) is 2.46. The average molecular weight is 342 g/mol. The monoisotopic (exact) mass is 341 g/mol. The van der Waals surface area contributed by atoms with Gasteiger partial charge in [-0.2, -0.15) is 5.10 Å². The molecule has 8 heteroatoms. The molecule has 1 aromatic heterocycles. The molecule has 0 aliphatic rings. The van der Waals surface area contributed by atoms with Crippen LogP contribution in [0.25, 0.3) is 0 Å². The van der Waals surface area contributed by atoms with Crippen molar-refractivity contribution in [3.63, 3.8) is 0 Å². The summed E-state index contributed by atoms with van der Waals surface area (Å²) in [6, 6.07) is 4.39. The van der Waals surface area contributed by atoms with Crippen molar-refractivity contribution in [1.29, 1.82) is 0 Å². The topological polar surface area (TPSA) is 63.6 Å². The van der Waals surface area contributed by atoms with E-state index in [1.807, 2.05) is 0 Å². The van der Waals surface area contributed by atoms with E-state index < -0.39 is 5.82 Å². The number of esters is 1. The third-order valence-corrected chi connectivity index (χ3v) is 3.66. The lowest BCUT2D eigenvalue weighted by molar-refractivity contribution is -0.142. The van der Waals surface area contributed by atoms with Crippen LogP contribution < -0.4 is 5.43 Å². The van der Waals surface area contributed by atoms with Gasteiger partial charge in [0.05, 0.1) is 30.0 Å². The Labute approximate surface area is 135 Å². The molecule has 5 nitrogen and oxygen atoms in total. The van der Waals surface area contributed by atoms with Crippen molar-refractivity contribution in [2.75, 3.05) is 12.0 Å². The van der Waals surface area contributed by atoms with E-state index in [0.29, 0.717) is 17.4 Å². The summed E-state index contributed by atoms with van der Waals surface area (Å²) in [6.45, 7) is 2.08. The van der Waals surface area contributed by atoms with E-state index in [1.165, 1.54) is 29.7 Å². The molecule has 0 bridgehead atoms. The number of thiazole rings is 1. The van der Waals surface area contributed by atoms with Crippen LogP contribution in [-0.4, -0.2) is 23.8 Å². The van der Waals surface area contributed by atoms with Crippen molar-refractivity contribution in [1.82, 2.24) is 4.98 Å². The van der Waals surface area contributed by atoms with Crippen molar-refractivity contribution in [3.8, 4) is 0 Å². The molecular weight excluding hydrogens is 329 g/mol. The maximum Gasteiger partial charge on any atom is 0.311 e. The van der Waals surface area contributed by atoms with E-state index in [2.05, 4.69) is 15.5 Å². The van der Waals surface area contributed by atoms with Gasteiger partial charge < -0.3 is 4.74 Å². The number of benzene rings is 1. The van der Waals surface area contributed by atoms with Crippen LogP contribution in [0.15, 0.2) is 28.7 Å². The number of halogens is 2. The summed E-state index contributed by atoms with van der Waals surface area (Å²) < 4.78 is 18.4. The van der Waals surface area contributed by atoms with Gasteiger partial charge in [-0.3, -0.25) is 10.2 Å². The number of hydrazone groups is 1. The summed E-state index contributed by atoms with van der Waals surface area (Å²) in [5.41, 5.74) is 3.46. The smallest absolute Gasteiger partial charge is 0.311 e. The number of hydrogen-bond acceptors (Lipinski definition) is 6. The van der Waals surface area contributed by atoms with E-state index in [4.69, 9.17) is 16.3 Å². The first-order valence-electron chi connectivity index (χ1n) is 6.43. The Kier molecular flexibility index (Phi) is 5.85. The lowest BCUT2D eigenvalue weighted by atomic mass is 10.2. The van der Waals surface area contributed by atoms with Gasteiger partial charge in [0.15, 0.2) is 0 Å². The number of hydrogen-bond donors (Lipinski definition) is 1. The molecule has 0 saturated heterocycles. The lowest BCUT2D eigenvalue weighted by Crippen LogP contribution is -2.07. The highest BCUT2D eigenvalue weighted by molar-refractivity contribution is 7.13. The van der Waals surface area contributed by atoms with E-state index in [9.17, 15) is 9.18 Å². The van der Waals surface area contributed by atoms with Gasteiger partial charge in [0.2, 0.25) is 5.13 Å². The fourth-order valence-electron chi connectivity index (χ4n) is 1.59. The minimum absolute atomic E-state index is 0.106. The number of carbonyl (C=O) groups is 1. The minimum atomic E-state index is -0.458. The van der Waals surface area contributed by atoms with Crippen LogP contribution in [-0.2, 0) is 16.0 Å². The molecule has 0 amide bonds. The van der Waals surface area contributed by atoms with Gasteiger partial charge in [-0.05, 0) is 19.1 Å². The Morgan fingerprint density at radius 1 is 1.59 bits per heavy atom. The van der Waals surface area contributed by atoms with E-state index in [1.54, 1.807) is 18.4 Å². The Morgan fingerprint density at radius 2 is 2.41 bits per heavy atom. The number of aromatic nitrogens is 1. The van der Waals surface area contributed by atoms with Crippen LogP contribution >= 0.6 is 22.9 Å². The molecular formula is C14H13ClFN3O2S. The normalized spacial score (nSPS) is 10.9. The van der Waals surface area contributed by atoms with E-state index in [0.717, 1.165) is 0 Å². The summed E-state index contributed by atoms with van der Waals surface area (Å²) >= 11 is 7.16. The predicted molar refractivity (Wildman–Crippen MR) is 85.1 cm³/mol. The van der Waals surface area contributed by atoms with Crippen LogP contribution in [0.1, 0.15) is 18.2 Å². The SMILES string of the molecule is CCOC(=O)Cc1csc(N/N=C\c2c(F)cccc2Cl)n1. The number of rotatable bonds is 6. The molecule has 1 N–H and O–H groups in total. The van der Waals surface area contributed by atoms with Crippen molar-refractivity contribution in [2.45, 2.75) is 13.3 Å². The molecule has 0 aliphatic carbocycles. The van der Waals surface area contributed by atoms with Crippen LogP contribution in [0.4, 0.5) is 9.52 Å². The van der Waals surface area contributed by atoms with Crippen molar-refractivity contribution < 1.29 is 13.9 Å². The number of nitrogens with one attached hydrogen (secondary N) is 1. The molecule has 22 heavy (non-hydrogen) atoms. The Morgan fingerprint density at radius 3 is 3.14 bits per heavy atom. The summed E-state index contributed by atoms with van der Waals surface area (Å²) in [7, 11) is 0. The maximum atomic E-state index is 13.5. The Hall–Kier alpha value is -1.99. The van der Waals surface area contributed by atoms with Crippen molar-refractivity contribution >= 4 is 40.3 Å². The molecule has 0 radical (unpaired) electrons. The highest BCUT2D eigenvalue weighted by Gasteiger charge is 2.08. The van der Waals surface area contributed by atoms with Gasteiger partial charge in [-0.1, -0.05) is 17.7 Å². The minimum Gasteiger partial charge on any atom is -0.466 e. The Balaban J connectivity index is 1.96. The highest BCUT2D eigenvalue weighted by atomic mass is 35.5. The summed E-state index contributed by atoms with van der Waals surface area (Å²) in [4.78, 5) is 15.5. The van der Waals surface area contributed by atoms with E-state index >= 15 is 0 Å². The molecule has 0 unspecified atom stereocenters. The van der Waals surface area contributed by atoms with Gasteiger partial charge in [-0.15, -0.1) is 11.3 Å². The molecule has 0 atom stereocenters. The second-order valence-electron chi connectivity index (χ2n) is 4.13. The molecule has 116 valence electrons. The quantitative estimate of drug-likeness (QED) is 0.496. The number of carbonyl (C=O) groups excluding carboxylic acids is 1. The number of anilines is 1. The van der Waals surface area contributed by atoms with Crippen molar-refractivity contribution in [2.24, 2.45) is 5.10 Å². The predicted octanol–water partition coefficient (Wildman–Crippen LogP) is 3.49. The third-order valence-electron chi connectivity index (χ3n) is 2.54. The summed E-state index contributed by atoms with van der Waals surface area (Å²) in [5, 5.41) is 6.38. The van der Waals surface area contributed by atoms with Crippen molar-refractivity contribution in [3.05, 3.63) is 45.7 Å². The molecule has 2 rings (SSSR count). The first-order chi connectivity index (χ1) is 10.6. The first kappa shape index (κ1) is 16.4. The van der Waals surface area contributed by atoms with Crippen LogP contribution in [0.5, 0.6) is 0 Å². The summed E-state index contributed by atoms with van der Waals surface area (Å²) in [5.74, 6) is -0.791. The second kappa shape index (κ2) is 7.86. The van der Waals surface area contributed by atoms with Crippen LogP contribution in [0.2, 0.25) is 5.02 Å². The van der Waals surface area contributed by atoms with Gasteiger partial charge in [-0.25, -0.2) is 9.37 Å². The largest absolute Gasteiger partial charge is 0.466 e.